The Bertz CT molecular complexity index is 300. The van der Waals surface area contributed by atoms with Gasteiger partial charge in [-0.25, -0.2) is 0 Å². The van der Waals surface area contributed by atoms with E-state index in [1.54, 1.807) is 6.08 Å². The number of allylic oxidation sites excluding steroid dienone is 2. The Hall–Kier alpha value is -0.590. The fourth-order valence-electron chi connectivity index (χ4n) is 2.89. The van der Waals surface area contributed by atoms with E-state index >= 15 is 0 Å². The van der Waals surface area contributed by atoms with Crippen molar-refractivity contribution in [1.29, 1.82) is 0 Å². The summed E-state index contributed by atoms with van der Waals surface area (Å²) in [6, 6.07) is 0. The Morgan fingerprint density at radius 1 is 1.22 bits per heavy atom. The van der Waals surface area contributed by atoms with E-state index < -0.39 is 0 Å². The molecule has 0 aromatic heterocycles. The first kappa shape index (κ1) is 17.4. The second-order valence-electron chi connectivity index (χ2n) is 8.13. The summed E-state index contributed by atoms with van der Waals surface area (Å²) in [6.45, 7) is 17.7. The molecule has 0 aliphatic heterocycles. The van der Waals surface area contributed by atoms with Crippen molar-refractivity contribution in [3.05, 3.63) is 11.6 Å². The molecule has 0 saturated heterocycles. The quantitative estimate of drug-likeness (QED) is 0.610. The molecule has 0 heterocycles. The van der Waals surface area contributed by atoms with Crippen LogP contribution in [0.1, 0.15) is 74.7 Å². The van der Waals surface area contributed by atoms with Crippen LogP contribution in [0.3, 0.4) is 0 Å². The van der Waals surface area contributed by atoms with Gasteiger partial charge in [-0.1, -0.05) is 54.0 Å². The molecule has 0 unspecified atom stereocenters. The van der Waals surface area contributed by atoms with Gasteiger partial charge >= 0.3 is 0 Å². The van der Waals surface area contributed by atoms with Gasteiger partial charge in [0, 0.05) is 6.42 Å². The van der Waals surface area contributed by atoms with Gasteiger partial charge in [-0.2, -0.15) is 0 Å². The van der Waals surface area contributed by atoms with Gasteiger partial charge in [-0.15, -0.1) is 0 Å². The number of ketones is 1. The summed E-state index contributed by atoms with van der Waals surface area (Å²) in [7, 11) is 0. The first-order valence-electron chi connectivity index (χ1n) is 7.11. The average Bonchev–Trinajstić information content (AvgIpc) is 1.92. The van der Waals surface area contributed by atoms with Crippen molar-refractivity contribution in [2.24, 2.45) is 16.7 Å². The zero-order chi connectivity index (χ0) is 14.6. The monoisotopic (exact) mass is 252 g/mol. The summed E-state index contributed by atoms with van der Waals surface area (Å²) >= 11 is 0. The van der Waals surface area contributed by atoms with Gasteiger partial charge in [0.05, 0.1) is 0 Å². The molecule has 1 heteroatoms. The number of rotatable bonds is 1. The molecule has 1 aliphatic rings. The third-order valence-electron chi connectivity index (χ3n) is 2.84. The van der Waals surface area contributed by atoms with Crippen LogP contribution < -0.4 is 0 Å². The molecule has 0 N–H and O–H groups in total. The molecule has 0 aromatic rings. The first-order valence-corrected chi connectivity index (χ1v) is 7.11. The average molecular weight is 252 g/mol. The number of hydrogen-bond acceptors (Lipinski definition) is 1. The van der Waals surface area contributed by atoms with E-state index in [1.807, 2.05) is 6.92 Å². The molecular formula is C17H32O. The van der Waals surface area contributed by atoms with Crippen molar-refractivity contribution in [3.63, 3.8) is 0 Å². The SMILES string of the molecule is CC(C)CC(C)(C)C.CC1=CC(=O)CC(C)(C)C1. The topological polar surface area (TPSA) is 17.1 Å². The third kappa shape index (κ3) is 9.44. The highest BCUT2D eigenvalue weighted by Crippen LogP contribution is 2.32. The maximum atomic E-state index is 11.0. The van der Waals surface area contributed by atoms with Crippen LogP contribution in [0, 0.1) is 16.7 Å². The summed E-state index contributed by atoms with van der Waals surface area (Å²) in [5.74, 6) is 1.13. The van der Waals surface area contributed by atoms with Crippen molar-refractivity contribution in [1.82, 2.24) is 0 Å². The van der Waals surface area contributed by atoms with E-state index in [0.717, 1.165) is 12.3 Å². The Morgan fingerprint density at radius 2 is 1.72 bits per heavy atom. The van der Waals surface area contributed by atoms with E-state index in [1.165, 1.54) is 12.0 Å². The van der Waals surface area contributed by atoms with Crippen molar-refractivity contribution in [2.75, 3.05) is 0 Å². The van der Waals surface area contributed by atoms with Crippen LogP contribution in [0.5, 0.6) is 0 Å². The lowest BCUT2D eigenvalue weighted by Crippen LogP contribution is -2.20. The largest absolute Gasteiger partial charge is 0.295 e. The van der Waals surface area contributed by atoms with Gasteiger partial charge in [0.1, 0.15) is 0 Å². The Kier molecular flexibility index (Phi) is 6.33. The summed E-state index contributed by atoms with van der Waals surface area (Å²) < 4.78 is 0. The molecule has 0 saturated carbocycles. The molecular weight excluding hydrogens is 220 g/mol. The lowest BCUT2D eigenvalue weighted by atomic mass is 9.77. The Morgan fingerprint density at radius 3 is 1.94 bits per heavy atom. The van der Waals surface area contributed by atoms with Crippen LogP contribution in [0.2, 0.25) is 0 Å². The van der Waals surface area contributed by atoms with Crippen LogP contribution >= 0.6 is 0 Å². The zero-order valence-corrected chi connectivity index (χ0v) is 13.7. The van der Waals surface area contributed by atoms with Gasteiger partial charge in [-0.05, 0) is 42.6 Å². The molecule has 0 radical (unpaired) electrons. The Balaban J connectivity index is 0.000000331. The van der Waals surface area contributed by atoms with Crippen LogP contribution in [0.4, 0.5) is 0 Å². The van der Waals surface area contributed by atoms with Gasteiger partial charge in [0.2, 0.25) is 0 Å². The van der Waals surface area contributed by atoms with Gasteiger partial charge < -0.3 is 0 Å². The van der Waals surface area contributed by atoms with Gasteiger partial charge in [0.15, 0.2) is 5.78 Å². The van der Waals surface area contributed by atoms with E-state index in [2.05, 4.69) is 48.5 Å². The predicted molar refractivity (Wildman–Crippen MR) is 80.7 cm³/mol. The highest BCUT2D eigenvalue weighted by atomic mass is 16.1. The van der Waals surface area contributed by atoms with Crippen molar-refractivity contribution >= 4 is 5.78 Å². The zero-order valence-electron chi connectivity index (χ0n) is 13.7. The summed E-state index contributed by atoms with van der Waals surface area (Å²) in [5.41, 5.74) is 1.95. The molecule has 0 atom stereocenters. The predicted octanol–water partition coefficient (Wildman–Crippen LogP) is 5.40. The molecule has 1 rings (SSSR count). The maximum absolute atomic E-state index is 11.0. The van der Waals surface area contributed by atoms with E-state index in [0.29, 0.717) is 11.8 Å². The van der Waals surface area contributed by atoms with Gasteiger partial charge in [0.25, 0.3) is 0 Å². The molecule has 0 spiro atoms. The maximum Gasteiger partial charge on any atom is 0.156 e. The molecule has 106 valence electrons. The second kappa shape index (κ2) is 6.54. The first-order chi connectivity index (χ1) is 7.91. The molecule has 0 aromatic carbocycles. The fraction of sp³-hybridized carbons (Fsp3) is 0.824. The van der Waals surface area contributed by atoms with E-state index in [4.69, 9.17) is 0 Å². The lowest BCUT2D eigenvalue weighted by molar-refractivity contribution is -0.117. The van der Waals surface area contributed by atoms with E-state index in [-0.39, 0.29) is 11.2 Å². The second-order valence-corrected chi connectivity index (χ2v) is 8.13. The Labute approximate surface area is 114 Å². The number of hydrogen-bond donors (Lipinski definition) is 0. The lowest BCUT2D eigenvalue weighted by Gasteiger charge is -2.27. The minimum atomic E-state index is 0.204. The van der Waals surface area contributed by atoms with E-state index in [9.17, 15) is 4.79 Å². The highest BCUT2D eigenvalue weighted by Gasteiger charge is 2.25. The minimum Gasteiger partial charge on any atom is -0.295 e. The summed E-state index contributed by atoms with van der Waals surface area (Å²) in [6.07, 6.45) is 4.88. The fourth-order valence-corrected chi connectivity index (χ4v) is 2.89. The molecule has 1 nitrogen and oxygen atoms in total. The molecule has 0 bridgehead atoms. The smallest absolute Gasteiger partial charge is 0.156 e. The van der Waals surface area contributed by atoms with Crippen LogP contribution in [0.15, 0.2) is 11.6 Å². The minimum absolute atomic E-state index is 0.204. The normalized spacial score (nSPS) is 19.2. The highest BCUT2D eigenvalue weighted by molar-refractivity contribution is 5.91. The van der Waals surface area contributed by atoms with Crippen LogP contribution in [0.25, 0.3) is 0 Å². The molecule has 0 amide bonds. The standard InChI is InChI=1S/C9H14O.C8H18/c1-7-4-8(10)6-9(2,3)5-7;1-7(2)6-8(3,4)5/h4H,5-6H2,1-3H3;7H,6H2,1-5H3. The summed E-state index contributed by atoms with van der Waals surface area (Å²) in [5, 5.41) is 0. The van der Waals surface area contributed by atoms with Crippen molar-refractivity contribution < 1.29 is 4.79 Å². The van der Waals surface area contributed by atoms with Crippen LogP contribution in [-0.2, 0) is 4.79 Å². The van der Waals surface area contributed by atoms with Gasteiger partial charge in [-0.3, -0.25) is 4.79 Å². The molecule has 18 heavy (non-hydrogen) atoms. The number of carbonyl (C=O) groups is 1. The third-order valence-corrected chi connectivity index (χ3v) is 2.84. The molecule has 1 aliphatic carbocycles. The van der Waals surface area contributed by atoms with Crippen molar-refractivity contribution in [2.45, 2.75) is 74.7 Å². The van der Waals surface area contributed by atoms with Crippen molar-refractivity contribution in [3.8, 4) is 0 Å². The number of carbonyl (C=O) groups excluding carboxylic acids is 1. The molecule has 0 fully saturated rings. The summed E-state index contributed by atoms with van der Waals surface area (Å²) in [4.78, 5) is 11.0. The van der Waals surface area contributed by atoms with Crippen LogP contribution in [-0.4, -0.2) is 5.78 Å².